The molecule has 0 aliphatic carbocycles. The first-order chi connectivity index (χ1) is 17.6. The first kappa shape index (κ1) is 24.5. The minimum Gasteiger partial charge on any atom is -0.497 e. The summed E-state index contributed by atoms with van der Waals surface area (Å²) in [7, 11) is 1.58. The molecule has 1 aromatic heterocycles. The van der Waals surface area contributed by atoms with Crippen molar-refractivity contribution >= 4 is 23.0 Å². The summed E-state index contributed by atoms with van der Waals surface area (Å²) in [6.45, 7) is 5.45. The molecule has 1 saturated heterocycles. The molecule has 1 N–H and O–H groups in total. The van der Waals surface area contributed by atoms with Crippen LogP contribution >= 0.6 is 0 Å². The third-order valence-corrected chi connectivity index (χ3v) is 6.12. The third kappa shape index (κ3) is 5.04. The van der Waals surface area contributed by atoms with Crippen molar-refractivity contribution in [2.45, 2.75) is 44.9 Å². The number of aliphatic carboxylic acids is 1. The number of amides is 1. The highest BCUT2D eigenvalue weighted by molar-refractivity contribution is 5.89. The van der Waals surface area contributed by atoms with Gasteiger partial charge in [0.15, 0.2) is 11.5 Å². The molecule has 37 heavy (non-hydrogen) atoms. The van der Waals surface area contributed by atoms with Crippen molar-refractivity contribution in [2.24, 2.45) is 0 Å². The van der Waals surface area contributed by atoms with Crippen LogP contribution in [0.1, 0.15) is 27.2 Å². The number of methoxy groups -OCH3 is 1. The molecule has 2 aliphatic heterocycles. The Bertz CT molecular complexity index is 1370. The standard InChI is InChI=1S/C27H28N2O8/c1-27(2,3)37-26(32)29-13-17(11-21(29)25(30)31)36-23-12-19(15-5-8-22-24(9-15)35-14-34-22)28-20-10-16(33-4)6-7-18(20)23/h5-10,12,17,21H,11,13-14H2,1-4H3,(H,30,31)/t17-,21+/m1/s1. The van der Waals surface area contributed by atoms with E-state index < -0.39 is 29.8 Å². The van der Waals surface area contributed by atoms with Crippen molar-refractivity contribution in [1.29, 1.82) is 0 Å². The summed E-state index contributed by atoms with van der Waals surface area (Å²) in [5.74, 6) is 1.33. The van der Waals surface area contributed by atoms with E-state index in [1.807, 2.05) is 24.3 Å². The Kier molecular flexibility index (Phi) is 6.18. The zero-order valence-corrected chi connectivity index (χ0v) is 21.0. The molecule has 2 aliphatic rings. The van der Waals surface area contributed by atoms with Crippen LogP contribution in [-0.4, -0.2) is 65.2 Å². The summed E-state index contributed by atoms with van der Waals surface area (Å²) in [5, 5.41) is 10.5. The van der Waals surface area contributed by atoms with Gasteiger partial charge in [-0.05, 0) is 51.1 Å². The van der Waals surface area contributed by atoms with Gasteiger partial charge in [0.25, 0.3) is 0 Å². The fourth-order valence-electron chi connectivity index (χ4n) is 4.42. The summed E-state index contributed by atoms with van der Waals surface area (Å²) in [6, 6.07) is 11.8. The van der Waals surface area contributed by atoms with Crippen molar-refractivity contribution in [2.75, 3.05) is 20.4 Å². The molecule has 5 rings (SSSR count). The number of fused-ring (bicyclic) bond motifs is 2. The Morgan fingerprint density at radius 1 is 1.08 bits per heavy atom. The van der Waals surface area contributed by atoms with Crippen molar-refractivity contribution in [1.82, 2.24) is 9.88 Å². The van der Waals surface area contributed by atoms with E-state index in [0.29, 0.717) is 34.2 Å². The van der Waals surface area contributed by atoms with Crippen molar-refractivity contribution in [3.8, 4) is 34.3 Å². The van der Waals surface area contributed by atoms with Crippen molar-refractivity contribution < 1.29 is 38.4 Å². The van der Waals surface area contributed by atoms with Gasteiger partial charge in [-0.3, -0.25) is 4.90 Å². The summed E-state index contributed by atoms with van der Waals surface area (Å²) in [6.07, 6.45) is -1.13. The number of carboxylic acid groups (broad SMARTS) is 1. The normalized spacial score (nSPS) is 18.6. The van der Waals surface area contributed by atoms with E-state index in [0.717, 1.165) is 10.9 Å². The highest BCUT2D eigenvalue weighted by atomic mass is 16.7. The molecule has 0 saturated carbocycles. The average molecular weight is 509 g/mol. The van der Waals surface area contributed by atoms with Crippen LogP contribution in [0.5, 0.6) is 23.0 Å². The molecular weight excluding hydrogens is 480 g/mol. The van der Waals surface area contributed by atoms with E-state index in [4.69, 9.17) is 28.7 Å². The molecule has 0 radical (unpaired) electrons. The highest BCUT2D eigenvalue weighted by Crippen LogP contribution is 2.39. The van der Waals surface area contributed by atoms with Gasteiger partial charge in [-0.25, -0.2) is 14.6 Å². The predicted octanol–water partition coefficient (Wildman–Crippen LogP) is 4.48. The number of ether oxygens (including phenoxy) is 5. The number of hydrogen-bond acceptors (Lipinski definition) is 8. The second-order valence-corrected chi connectivity index (χ2v) is 9.92. The van der Waals surface area contributed by atoms with E-state index in [-0.39, 0.29) is 19.8 Å². The van der Waals surface area contributed by atoms with Crippen LogP contribution < -0.4 is 18.9 Å². The smallest absolute Gasteiger partial charge is 0.411 e. The first-order valence-electron chi connectivity index (χ1n) is 11.9. The monoisotopic (exact) mass is 508 g/mol. The quantitative estimate of drug-likeness (QED) is 0.532. The molecule has 1 fully saturated rings. The van der Waals surface area contributed by atoms with Crippen molar-refractivity contribution in [3.63, 3.8) is 0 Å². The molecule has 194 valence electrons. The number of likely N-dealkylation sites (tertiary alicyclic amines) is 1. The van der Waals surface area contributed by atoms with Gasteiger partial charge in [0, 0.05) is 29.5 Å². The predicted molar refractivity (Wildman–Crippen MR) is 133 cm³/mol. The molecule has 3 heterocycles. The van der Waals surface area contributed by atoms with Crippen LogP contribution in [0.25, 0.3) is 22.2 Å². The lowest BCUT2D eigenvalue weighted by Gasteiger charge is -2.26. The van der Waals surface area contributed by atoms with Crippen LogP contribution in [0.3, 0.4) is 0 Å². The Balaban J connectivity index is 1.49. The van der Waals surface area contributed by atoms with Crippen LogP contribution in [0.4, 0.5) is 4.79 Å². The van der Waals surface area contributed by atoms with Crippen LogP contribution in [0.15, 0.2) is 42.5 Å². The molecule has 10 heteroatoms. The number of carbonyl (C=O) groups is 2. The molecule has 3 aromatic rings. The summed E-state index contributed by atoms with van der Waals surface area (Å²) >= 11 is 0. The topological polar surface area (TPSA) is 117 Å². The molecule has 2 atom stereocenters. The van der Waals surface area contributed by atoms with Crippen molar-refractivity contribution in [3.05, 3.63) is 42.5 Å². The Hall–Kier alpha value is -4.21. The molecule has 0 bridgehead atoms. The number of benzene rings is 2. The third-order valence-electron chi connectivity index (χ3n) is 6.12. The Morgan fingerprint density at radius 2 is 1.86 bits per heavy atom. The number of aromatic nitrogens is 1. The molecular formula is C27H28N2O8. The van der Waals surface area contributed by atoms with Crippen LogP contribution in [0, 0.1) is 0 Å². The number of carboxylic acids is 1. The van der Waals surface area contributed by atoms with Gasteiger partial charge < -0.3 is 28.8 Å². The average Bonchev–Trinajstić information content (AvgIpc) is 3.49. The van der Waals surface area contributed by atoms with Gasteiger partial charge in [-0.2, -0.15) is 0 Å². The Labute approximate surface area is 213 Å². The van der Waals surface area contributed by atoms with E-state index >= 15 is 0 Å². The highest BCUT2D eigenvalue weighted by Gasteiger charge is 2.43. The summed E-state index contributed by atoms with van der Waals surface area (Å²) in [4.78, 5) is 30.7. The fourth-order valence-corrected chi connectivity index (χ4v) is 4.42. The van der Waals surface area contributed by atoms with E-state index in [2.05, 4.69) is 0 Å². The molecule has 1 amide bonds. The zero-order chi connectivity index (χ0) is 26.3. The minimum absolute atomic E-state index is 0.0746. The van der Waals surface area contributed by atoms with Crippen LogP contribution in [-0.2, 0) is 9.53 Å². The fraction of sp³-hybridized carbons (Fsp3) is 0.370. The van der Waals surface area contributed by atoms with E-state index in [9.17, 15) is 14.7 Å². The maximum Gasteiger partial charge on any atom is 0.411 e. The minimum atomic E-state index is -1.11. The Morgan fingerprint density at radius 3 is 2.59 bits per heavy atom. The molecule has 0 unspecified atom stereocenters. The SMILES string of the molecule is COc1ccc2c(O[C@@H]3C[C@@H](C(=O)O)N(C(=O)OC(C)(C)C)C3)cc(-c3ccc4c(c3)OCO4)nc2c1. The molecule has 2 aromatic carbocycles. The maximum atomic E-state index is 12.7. The van der Waals surface area contributed by atoms with Gasteiger partial charge in [-0.1, -0.05) is 0 Å². The molecule has 10 nitrogen and oxygen atoms in total. The largest absolute Gasteiger partial charge is 0.497 e. The second-order valence-electron chi connectivity index (χ2n) is 9.92. The van der Waals surface area contributed by atoms with Gasteiger partial charge in [-0.15, -0.1) is 0 Å². The van der Waals surface area contributed by atoms with Gasteiger partial charge in [0.2, 0.25) is 6.79 Å². The lowest BCUT2D eigenvalue weighted by molar-refractivity contribution is -0.142. The molecule has 0 spiro atoms. The number of rotatable bonds is 5. The zero-order valence-electron chi connectivity index (χ0n) is 21.0. The number of carbonyl (C=O) groups excluding carboxylic acids is 1. The number of pyridine rings is 1. The first-order valence-corrected chi connectivity index (χ1v) is 11.9. The maximum absolute atomic E-state index is 12.7. The summed E-state index contributed by atoms with van der Waals surface area (Å²) < 4.78 is 28.1. The summed E-state index contributed by atoms with van der Waals surface area (Å²) in [5.41, 5.74) is 1.31. The van der Waals surface area contributed by atoms with E-state index in [1.54, 1.807) is 46.1 Å². The van der Waals surface area contributed by atoms with Gasteiger partial charge in [0.05, 0.1) is 24.9 Å². The second kappa shape index (κ2) is 9.34. The number of hydrogen-bond donors (Lipinski definition) is 1. The van der Waals surface area contributed by atoms with E-state index in [1.165, 1.54) is 4.90 Å². The lowest BCUT2D eigenvalue weighted by atomic mass is 10.1. The lowest BCUT2D eigenvalue weighted by Crippen LogP contribution is -2.43. The van der Waals surface area contributed by atoms with Gasteiger partial charge >= 0.3 is 12.1 Å². The number of nitrogens with zero attached hydrogens (tertiary/aromatic N) is 2. The van der Waals surface area contributed by atoms with Gasteiger partial charge in [0.1, 0.15) is 29.2 Å². The van der Waals surface area contributed by atoms with Crippen LogP contribution in [0.2, 0.25) is 0 Å².